The SMILES string of the molecule is Cc1cc2cccc(F)c2n1CCN1CCOCC1. The molecule has 1 aromatic heterocycles. The number of nitrogens with zero attached hydrogens (tertiary/aromatic N) is 2. The Morgan fingerprint density at radius 3 is 2.79 bits per heavy atom. The number of para-hydroxylation sites is 1. The molecule has 2 aromatic rings. The first kappa shape index (κ1) is 12.6. The van der Waals surface area contributed by atoms with Crippen LogP contribution in [-0.4, -0.2) is 42.3 Å². The molecule has 3 rings (SSSR count). The second-order valence-corrected chi connectivity index (χ2v) is 5.07. The third-order valence-corrected chi connectivity index (χ3v) is 3.82. The van der Waals surface area contributed by atoms with Crippen molar-refractivity contribution < 1.29 is 9.13 Å². The Morgan fingerprint density at radius 1 is 1.21 bits per heavy atom. The Kier molecular flexibility index (Phi) is 3.53. The number of hydrogen-bond donors (Lipinski definition) is 0. The number of rotatable bonds is 3. The molecule has 0 saturated carbocycles. The monoisotopic (exact) mass is 262 g/mol. The van der Waals surface area contributed by atoms with Crippen molar-refractivity contribution in [1.29, 1.82) is 0 Å². The van der Waals surface area contributed by atoms with Crippen molar-refractivity contribution in [3.8, 4) is 0 Å². The highest BCUT2D eigenvalue weighted by Crippen LogP contribution is 2.22. The topological polar surface area (TPSA) is 17.4 Å². The lowest BCUT2D eigenvalue weighted by molar-refractivity contribution is 0.0365. The molecule has 0 N–H and O–H groups in total. The standard InChI is InChI=1S/C15H19FN2O/c1-12-11-13-3-2-4-14(16)15(13)18(12)6-5-17-7-9-19-10-8-17/h2-4,11H,5-10H2,1H3. The molecule has 1 fully saturated rings. The quantitative estimate of drug-likeness (QED) is 0.845. The third-order valence-electron chi connectivity index (χ3n) is 3.82. The van der Waals surface area contributed by atoms with Gasteiger partial charge in [0.15, 0.2) is 0 Å². The highest BCUT2D eigenvalue weighted by Gasteiger charge is 2.13. The van der Waals surface area contributed by atoms with E-state index < -0.39 is 0 Å². The molecule has 1 aliphatic rings. The number of aromatic nitrogens is 1. The van der Waals surface area contributed by atoms with Crippen LogP contribution in [0.15, 0.2) is 24.3 Å². The molecule has 102 valence electrons. The molecule has 2 heterocycles. The molecule has 3 nitrogen and oxygen atoms in total. The fourth-order valence-electron chi connectivity index (χ4n) is 2.77. The van der Waals surface area contributed by atoms with E-state index in [1.165, 1.54) is 6.07 Å². The van der Waals surface area contributed by atoms with Gasteiger partial charge < -0.3 is 9.30 Å². The van der Waals surface area contributed by atoms with Gasteiger partial charge in [0.25, 0.3) is 0 Å². The van der Waals surface area contributed by atoms with Crippen molar-refractivity contribution in [2.24, 2.45) is 0 Å². The number of benzene rings is 1. The summed E-state index contributed by atoms with van der Waals surface area (Å²) in [5.74, 6) is -0.132. The summed E-state index contributed by atoms with van der Waals surface area (Å²) >= 11 is 0. The van der Waals surface area contributed by atoms with Gasteiger partial charge in [-0.25, -0.2) is 4.39 Å². The molecule has 0 bridgehead atoms. The first-order chi connectivity index (χ1) is 9.25. The number of fused-ring (bicyclic) bond motifs is 1. The van der Waals surface area contributed by atoms with E-state index in [0.29, 0.717) is 0 Å². The molecular weight excluding hydrogens is 243 g/mol. The minimum atomic E-state index is -0.132. The number of ether oxygens (including phenoxy) is 1. The number of morpholine rings is 1. The Bertz CT molecular complexity index is 573. The molecule has 0 spiro atoms. The molecule has 4 heteroatoms. The Labute approximate surface area is 112 Å². The summed E-state index contributed by atoms with van der Waals surface area (Å²) in [6, 6.07) is 7.32. The van der Waals surface area contributed by atoms with E-state index >= 15 is 0 Å². The Morgan fingerprint density at radius 2 is 2.00 bits per heavy atom. The van der Waals surface area contributed by atoms with Crippen LogP contribution in [0.4, 0.5) is 4.39 Å². The van der Waals surface area contributed by atoms with E-state index in [1.807, 2.05) is 13.0 Å². The van der Waals surface area contributed by atoms with Gasteiger partial charge in [0.05, 0.1) is 18.7 Å². The summed E-state index contributed by atoms with van der Waals surface area (Å²) in [5.41, 5.74) is 1.85. The van der Waals surface area contributed by atoms with E-state index in [0.717, 1.165) is 56.0 Å². The molecule has 1 aliphatic heterocycles. The Balaban J connectivity index is 1.81. The summed E-state index contributed by atoms with van der Waals surface area (Å²) in [7, 11) is 0. The van der Waals surface area contributed by atoms with Gasteiger partial charge in [-0.15, -0.1) is 0 Å². The van der Waals surface area contributed by atoms with Crippen LogP contribution in [0.25, 0.3) is 10.9 Å². The maximum atomic E-state index is 14.0. The molecule has 0 atom stereocenters. The minimum Gasteiger partial charge on any atom is -0.379 e. The van der Waals surface area contributed by atoms with Crippen molar-refractivity contribution >= 4 is 10.9 Å². The lowest BCUT2D eigenvalue weighted by Crippen LogP contribution is -2.38. The van der Waals surface area contributed by atoms with Crippen LogP contribution in [0.2, 0.25) is 0 Å². The molecule has 1 saturated heterocycles. The average Bonchev–Trinajstić information content (AvgIpc) is 2.75. The molecule has 19 heavy (non-hydrogen) atoms. The summed E-state index contributed by atoms with van der Waals surface area (Å²) in [6.07, 6.45) is 0. The fourth-order valence-corrected chi connectivity index (χ4v) is 2.77. The van der Waals surface area contributed by atoms with Crippen LogP contribution in [0, 0.1) is 12.7 Å². The van der Waals surface area contributed by atoms with Gasteiger partial charge in [-0.2, -0.15) is 0 Å². The van der Waals surface area contributed by atoms with Gasteiger partial charge in [0.2, 0.25) is 0 Å². The van der Waals surface area contributed by atoms with E-state index in [9.17, 15) is 4.39 Å². The molecule has 0 aliphatic carbocycles. The Hall–Kier alpha value is -1.39. The number of aryl methyl sites for hydroxylation is 1. The molecule has 0 amide bonds. The van der Waals surface area contributed by atoms with E-state index in [4.69, 9.17) is 4.74 Å². The van der Waals surface area contributed by atoms with Crippen LogP contribution >= 0.6 is 0 Å². The van der Waals surface area contributed by atoms with Gasteiger partial charge in [0, 0.05) is 37.3 Å². The lowest BCUT2D eigenvalue weighted by Gasteiger charge is -2.27. The van der Waals surface area contributed by atoms with Crippen molar-refractivity contribution in [2.45, 2.75) is 13.5 Å². The number of halogens is 1. The van der Waals surface area contributed by atoms with E-state index in [-0.39, 0.29) is 5.82 Å². The van der Waals surface area contributed by atoms with Crippen LogP contribution in [-0.2, 0) is 11.3 Å². The van der Waals surface area contributed by atoms with Crippen LogP contribution < -0.4 is 0 Å². The zero-order valence-electron chi connectivity index (χ0n) is 11.2. The zero-order chi connectivity index (χ0) is 13.2. The minimum absolute atomic E-state index is 0.132. The second-order valence-electron chi connectivity index (χ2n) is 5.07. The fraction of sp³-hybridized carbons (Fsp3) is 0.467. The summed E-state index contributed by atoms with van der Waals surface area (Å²) < 4.78 is 21.4. The van der Waals surface area contributed by atoms with Crippen molar-refractivity contribution in [3.05, 3.63) is 35.8 Å². The average molecular weight is 262 g/mol. The highest BCUT2D eigenvalue weighted by atomic mass is 19.1. The first-order valence-electron chi connectivity index (χ1n) is 6.80. The van der Waals surface area contributed by atoms with E-state index in [1.54, 1.807) is 6.07 Å². The smallest absolute Gasteiger partial charge is 0.147 e. The van der Waals surface area contributed by atoms with Crippen LogP contribution in [0.5, 0.6) is 0 Å². The van der Waals surface area contributed by atoms with Crippen molar-refractivity contribution in [1.82, 2.24) is 9.47 Å². The van der Waals surface area contributed by atoms with Gasteiger partial charge in [-0.05, 0) is 19.1 Å². The van der Waals surface area contributed by atoms with Gasteiger partial charge >= 0.3 is 0 Å². The predicted molar refractivity (Wildman–Crippen MR) is 73.9 cm³/mol. The van der Waals surface area contributed by atoms with Gasteiger partial charge in [0.1, 0.15) is 5.82 Å². The van der Waals surface area contributed by atoms with Crippen LogP contribution in [0.1, 0.15) is 5.69 Å². The van der Waals surface area contributed by atoms with Crippen molar-refractivity contribution in [2.75, 3.05) is 32.8 Å². The molecule has 1 aromatic carbocycles. The highest BCUT2D eigenvalue weighted by molar-refractivity contribution is 5.81. The maximum absolute atomic E-state index is 14.0. The molecule has 0 unspecified atom stereocenters. The third kappa shape index (κ3) is 2.51. The maximum Gasteiger partial charge on any atom is 0.147 e. The van der Waals surface area contributed by atoms with Gasteiger partial charge in [-0.3, -0.25) is 4.90 Å². The zero-order valence-corrected chi connectivity index (χ0v) is 11.2. The number of hydrogen-bond acceptors (Lipinski definition) is 2. The molecular formula is C15H19FN2O. The molecule has 0 radical (unpaired) electrons. The summed E-state index contributed by atoms with van der Waals surface area (Å²) in [5, 5.41) is 0.986. The lowest BCUT2D eigenvalue weighted by atomic mass is 10.2. The largest absolute Gasteiger partial charge is 0.379 e. The van der Waals surface area contributed by atoms with Gasteiger partial charge in [-0.1, -0.05) is 12.1 Å². The first-order valence-corrected chi connectivity index (χ1v) is 6.80. The van der Waals surface area contributed by atoms with Crippen LogP contribution in [0.3, 0.4) is 0 Å². The second kappa shape index (κ2) is 5.31. The summed E-state index contributed by atoms with van der Waals surface area (Å²) in [4.78, 5) is 2.37. The summed E-state index contributed by atoms with van der Waals surface area (Å²) in [6.45, 7) is 7.37. The normalized spacial score (nSPS) is 17.2. The van der Waals surface area contributed by atoms with E-state index in [2.05, 4.69) is 15.5 Å². The predicted octanol–water partition coefficient (Wildman–Crippen LogP) is 2.42. The van der Waals surface area contributed by atoms with Crippen molar-refractivity contribution in [3.63, 3.8) is 0 Å².